The van der Waals surface area contributed by atoms with Crippen molar-refractivity contribution < 1.29 is 10.2 Å². The van der Waals surface area contributed by atoms with Crippen molar-refractivity contribution in [3.63, 3.8) is 0 Å². The Morgan fingerprint density at radius 3 is 1.36 bits per heavy atom. The van der Waals surface area contributed by atoms with Gasteiger partial charge in [-0.1, -0.05) is 111 Å². The third-order valence-corrected chi connectivity index (χ3v) is 9.32. The SMILES string of the molecule is CC1=C(/C=C/C(C)=C/CC(O)/C(C)=C/C=C/C=C(\C)C(O)C/C=C(C)/C=C/C2=C(C)CCCC2(C)C)C(C)(C)CCC1. The number of aliphatic hydroxyl groups excluding tert-OH is 2. The zero-order valence-corrected chi connectivity index (χ0v) is 28.5. The lowest BCUT2D eigenvalue weighted by atomic mass is 9.72. The fourth-order valence-corrected chi connectivity index (χ4v) is 6.19. The highest BCUT2D eigenvalue weighted by Gasteiger charge is 2.27. The molecule has 2 N–H and O–H groups in total. The molecule has 0 saturated heterocycles. The third-order valence-electron chi connectivity index (χ3n) is 9.32. The van der Waals surface area contributed by atoms with Crippen LogP contribution in [-0.2, 0) is 0 Å². The van der Waals surface area contributed by atoms with E-state index in [0.29, 0.717) is 12.8 Å². The molecule has 0 radical (unpaired) electrons. The Bertz CT molecular complexity index is 1110. The maximum atomic E-state index is 10.6. The molecule has 0 aromatic rings. The van der Waals surface area contributed by atoms with E-state index in [4.69, 9.17) is 0 Å². The van der Waals surface area contributed by atoms with Crippen molar-refractivity contribution in [1.82, 2.24) is 0 Å². The largest absolute Gasteiger partial charge is 0.388 e. The second-order valence-corrected chi connectivity index (χ2v) is 14.1. The molecule has 0 spiro atoms. The molecule has 2 rings (SSSR count). The molecule has 0 heterocycles. The zero-order valence-electron chi connectivity index (χ0n) is 28.5. The average Bonchev–Trinajstić information content (AvgIpc) is 2.91. The molecule has 0 aliphatic heterocycles. The number of aliphatic hydroxyl groups is 2. The van der Waals surface area contributed by atoms with E-state index in [9.17, 15) is 10.2 Å². The number of hydrogen-bond donors (Lipinski definition) is 2. The van der Waals surface area contributed by atoms with Gasteiger partial charge in [-0.25, -0.2) is 0 Å². The highest BCUT2D eigenvalue weighted by atomic mass is 16.3. The van der Waals surface area contributed by atoms with Gasteiger partial charge in [0.15, 0.2) is 0 Å². The summed E-state index contributed by atoms with van der Waals surface area (Å²) in [6.07, 6.45) is 28.6. The summed E-state index contributed by atoms with van der Waals surface area (Å²) in [6.45, 7) is 22.0. The van der Waals surface area contributed by atoms with Gasteiger partial charge in [-0.05, 0) is 126 Å². The molecule has 0 aromatic heterocycles. The van der Waals surface area contributed by atoms with E-state index in [0.717, 1.165) is 11.1 Å². The lowest BCUT2D eigenvalue weighted by Crippen LogP contribution is -2.19. The predicted molar refractivity (Wildman–Crippen MR) is 184 cm³/mol. The Hall–Kier alpha value is -2.42. The first-order valence-electron chi connectivity index (χ1n) is 16.1. The van der Waals surface area contributed by atoms with Crippen LogP contribution < -0.4 is 0 Å². The van der Waals surface area contributed by atoms with Crippen molar-refractivity contribution in [2.75, 3.05) is 0 Å². The fourth-order valence-electron chi connectivity index (χ4n) is 6.19. The molecule has 42 heavy (non-hydrogen) atoms. The number of rotatable bonds is 12. The Morgan fingerprint density at radius 1 is 0.667 bits per heavy atom. The first kappa shape index (κ1) is 35.8. The van der Waals surface area contributed by atoms with E-state index < -0.39 is 12.2 Å². The van der Waals surface area contributed by atoms with Gasteiger partial charge in [0.05, 0.1) is 12.2 Å². The fraction of sp³-hybridized carbons (Fsp3) is 0.550. The van der Waals surface area contributed by atoms with Crippen molar-refractivity contribution in [3.8, 4) is 0 Å². The van der Waals surface area contributed by atoms with Crippen LogP contribution in [0, 0.1) is 10.8 Å². The Kier molecular flexibility index (Phi) is 14.0. The smallest absolute Gasteiger partial charge is 0.0785 e. The van der Waals surface area contributed by atoms with Gasteiger partial charge in [-0.3, -0.25) is 0 Å². The van der Waals surface area contributed by atoms with Crippen LogP contribution in [0.15, 0.2) is 105 Å². The first-order chi connectivity index (χ1) is 19.6. The van der Waals surface area contributed by atoms with Crippen LogP contribution in [0.1, 0.15) is 121 Å². The predicted octanol–water partition coefficient (Wildman–Crippen LogP) is 11.0. The molecule has 0 amide bonds. The highest BCUT2D eigenvalue weighted by Crippen LogP contribution is 2.41. The minimum atomic E-state index is -0.513. The Balaban J connectivity index is 1.88. The molecule has 0 saturated carbocycles. The van der Waals surface area contributed by atoms with Crippen molar-refractivity contribution in [2.45, 2.75) is 133 Å². The van der Waals surface area contributed by atoms with Gasteiger partial charge < -0.3 is 10.2 Å². The highest BCUT2D eigenvalue weighted by molar-refractivity contribution is 5.37. The molecule has 2 heteroatoms. The number of hydrogen-bond acceptors (Lipinski definition) is 2. The van der Waals surface area contributed by atoms with Gasteiger partial charge in [-0.2, -0.15) is 0 Å². The molecule has 232 valence electrons. The number of allylic oxidation sites excluding steroid dienone is 14. The summed E-state index contributed by atoms with van der Waals surface area (Å²) < 4.78 is 0. The summed E-state index contributed by atoms with van der Waals surface area (Å²) >= 11 is 0. The monoisotopic (exact) mass is 572 g/mol. The van der Waals surface area contributed by atoms with Gasteiger partial charge >= 0.3 is 0 Å². The second-order valence-electron chi connectivity index (χ2n) is 14.1. The lowest BCUT2D eigenvalue weighted by molar-refractivity contribution is 0.214. The van der Waals surface area contributed by atoms with Crippen LogP contribution in [0.5, 0.6) is 0 Å². The Labute approximate surface area is 258 Å². The maximum Gasteiger partial charge on any atom is 0.0785 e. The van der Waals surface area contributed by atoms with E-state index in [-0.39, 0.29) is 10.8 Å². The van der Waals surface area contributed by atoms with Crippen molar-refractivity contribution in [1.29, 1.82) is 0 Å². The molecule has 2 aliphatic carbocycles. The van der Waals surface area contributed by atoms with Crippen LogP contribution in [-0.4, -0.2) is 22.4 Å². The van der Waals surface area contributed by atoms with Gasteiger partial charge in [0.1, 0.15) is 0 Å². The molecule has 2 unspecified atom stereocenters. The summed E-state index contributed by atoms with van der Waals surface area (Å²) in [5.74, 6) is 0. The molecule has 2 nitrogen and oxygen atoms in total. The molecule has 2 aliphatic rings. The molecule has 0 aromatic carbocycles. The third kappa shape index (κ3) is 11.3. The molecular weight excluding hydrogens is 512 g/mol. The summed E-state index contributed by atoms with van der Waals surface area (Å²) in [6, 6.07) is 0. The van der Waals surface area contributed by atoms with Crippen molar-refractivity contribution >= 4 is 0 Å². The molecule has 0 fully saturated rings. The minimum Gasteiger partial charge on any atom is -0.388 e. The Morgan fingerprint density at radius 2 is 1.02 bits per heavy atom. The van der Waals surface area contributed by atoms with Crippen LogP contribution in [0.2, 0.25) is 0 Å². The minimum absolute atomic E-state index is 0.239. The normalized spacial score (nSPS) is 22.7. The van der Waals surface area contributed by atoms with Crippen molar-refractivity contribution in [2.24, 2.45) is 10.8 Å². The second kappa shape index (κ2) is 16.4. The topological polar surface area (TPSA) is 40.5 Å². The van der Waals surface area contributed by atoms with E-state index in [1.165, 1.54) is 72.0 Å². The first-order valence-corrected chi connectivity index (χ1v) is 16.1. The summed E-state index contributed by atoms with van der Waals surface area (Å²) in [4.78, 5) is 0. The molecule has 2 atom stereocenters. The summed E-state index contributed by atoms with van der Waals surface area (Å²) in [5, 5.41) is 21.3. The summed E-state index contributed by atoms with van der Waals surface area (Å²) in [7, 11) is 0. The quantitative estimate of drug-likeness (QED) is 0.228. The van der Waals surface area contributed by atoms with E-state index >= 15 is 0 Å². The van der Waals surface area contributed by atoms with Gasteiger partial charge in [0.25, 0.3) is 0 Å². The van der Waals surface area contributed by atoms with Crippen LogP contribution in [0.3, 0.4) is 0 Å². The molecular formula is C40H60O2. The van der Waals surface area contributed by atoms with Crippen LogP contribution in [0.25, 0.3) is 0 Å². The van der Waals surface area contributed by atoms with Crippen LogP contribution in [0.4, 0.5) is 0 Å². The van der Waals surface area contributed by atoms with E-state index in [1.807, 2.05) is 38.2 Å². The van der Waals surface area contributed by atoms with E-state index in [1.54, 1.807) is 0 Å². The van der Waals surface area contributed by atoms with Gasteiger partial charge in [0, 0.05) is 0 Å². The molecule has 0 bridgehead atoms. The lowest BCUT2D eigenvalue weighted by Gasteiger charge is -2.33. The van der Waals surface area contributed by atoms with Gasteiger partial charge in [0.2, 0.25) is 0 Å². The van der Waals surface area contributed by atoms with Crippen LogP contribution >= 0.6 is 0 Å². The zero-order chi connectivity index (χ0) is 31.5. The summed E-state index contributed by atoms with van der Waals surface area (Å²) in [5.41, 5.74) is 10.6. The standard InChI is InChI=1S/C40H60O2/c1-29(19-23-35-31(3)17-13-27-39(35,7)8)21-25-37(41)33(5)15-11-12-16-34(6)38(42)26-22-30(2)20-24-36-32(4)18-14-28-40(36,9)10/h11-12,15-16,19-24,37-38,41-42H,13-14,17-18,25-28H2,1-10H3/b12-11+,23-19+,24-20+,29-21+,30-22+,33-15+,34-16+. The average molecular weight is 573 g/mol. The van der Waals surface area contributed by atoms with Gasteiger partial charge in [-0.15, -0.1) is 0 Å². The van der Waals surface area contributed by atoms with E-state index in [2.05, 4.69) is 91.8 Å². The van der Waals surface area contributed by atoms with Crippen molar-refractivity contribution in [3.05, 3.63) is 105 Å². The maximum absolute atomic E-state index is 10.6.